The zero-order chi connectivity index (χ0) is 12.3. The van der Waals surface area contributed by atoms with Crippen molar-refractivity contribution in [1.82, 2.24) is 0 Å². The Morgan fingerprint density at radius 3 is 2.47 bits per heavy atom. The molecule has 88 valence electrons. The lowest BCUT2D eigenvalue weighted by molar-refractivity contribution is -0.141. The van der Waals surface area contributed by atoms with Crippen LogP contribution in [-0.4, -0.2) is 11.1 Å². The molecule has 2 nitrogen and oxygen atoms in total. The molecule has 0 aliphatic heterocycles. The van der Waals surface area contributed by atoms with Crippen molar-refractivity contribution in [2.45, 2.75) is 13.3 Å². The van der Waals surface area contributed by atoms with Crippen LogP contribution in [0.1, 0.15) is 12.5 Å². The Hall–Kier alpha value is -1.61. The highest BCUT2D eigenvalue weighted by atomic mass is 32.1. The maximum atomic E-state index is 10.8. The molecule has 2 aromatic rings. The fourth-order valence-corrected chi connectivity index (χ4v) is 2.37. The molecule has 2 rings (SSSR count). The van der Waals surface area contributed by atoms with E-state index in [1.54, 1.807) is 18.3 Å². The molecule has 0 saturated heterocycles. The predicted molar refractivity (Wildman–Crippen MR) is 70.3 cm³/mol. The smallest absolute Gasteiger partial charge is 0.306 e. The molecule has 0 fully saturated rings. The van der Waals surface area contributed by atoms with Crippen LogP contribution in [-0.2, 0) is 11.2 Å². The van der Waals surface area contributed by atoms with E-state index in [9.17, 15) is 4.79 Å². The highest BCUT2D eigenvalue weighted by Gasteiger charge is 2.11. The summed E-state index contributed by atoms with van der Waals surface area (Å²) in [7, 11) is 0. The molecule has 0 saturated carbocycles. The summed E-state index contributed by atoms with van der Waals surface area (Å²) in [5.74, 6) is -1.08. The van der Waals surface area contributed by atoms with Gasteiger partial charge in [0.25, 0.3) is 0 Å². The minimum absolute atomic E-state index is 0.331. The highest BCUT2D eigenvalue weighted by Crippen LogP contribution is 2.22. The average Bonchev–Trinajstić information content (AvgIpc) is 2.83. The second-order valence-corrected chi connectivity index (χ2v) is 4.93. The molecule has 17 heavy (non-hydrogen) atoms. The molecule has 3 heteroatoms. The third-order valence-corrected chi connectivity index (χ3v) is 3.46. The van der Waals surface area contributed by atoms with Crippen molar-refractivity contribution in [3.05, 3.63) is 46.7 Å². The Balaban J connectivity index is 2.11. The molecular weight excluding hydrogens is 232 g/mol. The van der Waals surface area contributed by atoms with Crippen LogP contribution < -0.4 is 0 Å². The number of thiophene rings is 1. The van der Waals surface area contributed by atoms with Crippen molar-refractivity contribution in [1.29, 1.82) is 0 Å². The van der Waals surface area contributed by atoms with Gasteiger partial charge in [0.15, 0.2) is 0 Å². The van der Waals surface area contributed by atoms with E-state index in [2.05, 4.69) is 16.8 Å². The number of carboxylic acid groups (broad SMARTS) is 1. The second kappa shape index (κ2) is 5.15. The van der Waals surface area contributed by atoms with E-state index in [0.29, 0.717) is 6.42 Å². The van der Waals surface area contributed by atoms with Crippen LogP contribution in [0.25, 0.3) is 11.1 Å². The number of hydrogen-bond donors (Lipinski definition) is 1. The number of carboxylic acids is 1. The molecular formula is C14H14O2S. The van der Waals surface area contributed by atoms with E-state index >= 15 is 0 Å². The zero-order valence-corrected chi connectivity index (χ0v) is 10.4. The Morgan fingerprint density at radius 2 is 1.94 bits per heavy atom. The van der Waals surface area contributed by atoms with Crippen LogP contribution >= 0.6 is 11.3 Å². The first-order valence-electron chi connectivity index (χ1n) is 5.51. The lowest BCUT2D eigenvalue weighted by atomic mass is 9.99. The van der Waals surface area contributed by atoms with E-state index in [-0.39, 0.29) is 5.92 Å². The van der Waals surface area contributed by atoms with Crippen LogP contribution in [0.4, 0.5) is 0 Å². The van der Waals surface area contributed by atoms with Crippen LogP contribution in [0, 0.1) is 5.92 Å². The molecule has 0 bridgehead atoms. The van der Waals surface area contributed by atoms with Gasteiger partial charge in [-0.1, -0.05) is 31.2 Å². The van der Waals surface area contributed by atoms with Crippen molar-refractivity contribution in [3.63, 3.8) is 0 Å². The van der Waals surface area contributed by atoms with Crippen molar-refractivity contribution in [3.8, 4) is 11.1 Å². The molecule has 1 aromatic heterocycles. The molecule has 0 amide bonds. The fourth-order valence-electron chi connectivity index (χ4n) is 1.70. The van der Waals surface area contributed by atoms with Crippen molar-refractivity contribution in [2.24, 2.45) is 5.92 Å². The van der Waals surface area contributed by atoms with Gasteiger partial charge in [-0.3, -0.25) is 4.79 Å². The lowest BCUT2D eigenvalue weighted by Gasteiger charge is -2.06. The van der Waals surface area contributed by atoms with E-state index in [0.717, 1.165) is 5.56 Å². The molecule has 1 unspecified atom stereocenters. The number of rotatable bonds is 4. The van der Waals surface area contributed by atoms with E-state index in [1.807, 2.05) is 24.3 Å². The van der Waals surface area contributed by atoms with Gasteiger partial charge >= 0.3 is 5.97 Å². The van der Waals surface area contributed by atoms with Gasteiger partial charge in [0, 0.05) is 0 Å². The van der Waals surface area contributed by atoms with Gasteiger partial charge < -0.3 is 5.11 Å². The van der Waals surface area contributed by atoms with Gasteiger partial charge in [-0.15, -0.1) is 0 Å². The number of aliphatic carboxylic acids is 1. The Bertz CT molecular complexity index is 485. The van der Waals surface area contributed by atoms with Crippen molar-refractivity contribution < 1.29 is 9.90 Å². The molecule has 0 spiro atoms. The topological polar surface area (TPSA) is 37.3 Å². The third kappa shape index (κ3) is 2.94. The third-order valence-electron chi connectivity index (χ3n) is 2.77. The largest absolute Gasteiger partial charge is 0.481 e. The van der Waals surface area contributed by atoms with Gasteiger partial charge in [-0.2, -0.15) is 11.3 Å². The summed E-state index contributed by atoms with van der Waals surface area (Å²) in [6, 6.07) is 10.2. The predicted octanol–water partition coefficient (Wildman–Crippen LogP) is 3.68. The molecule has 0 aliphatic rings. The first-order chi connectivity index (χ1) is 8.16. The second-order valence-electron chi connectivity index (χ2n) is 4.15. The molecule has 1 aromatic carbocycles. The first-order valence-corrected chi connectivity index (χ1v) is 6.45. The molecule has 1 atom stereocenters. The van der Waals surface area contributed by atoms with Crippen LogP contribution in [0.5, 0.6) is 0 Å². The molecule has 1 heterocycles. The van der Waals surface area contributed by atoms with Crippen LogP contribution in [0.2, 0.25) is 0 Å². The molecule has 0 radical (unpaired) electrons. The monoisotopic (exact) mass is 246 g/mol. The summed E-state index contributed by atoms with van der Waals surface area (Å²) in [6.07, 6.45) is 0.583. The number of hydrogen-bond acceptors (Lipinski definition) is 2. The summed E-state index contributed by atoms with van der Waals surface area (Å²) in [4.78, 5) is 10.8. The first kappa shape index (κ1) is 11.9. The van der Waals surface area contributed by atoms with E-state index in [1.165, 1.54) is 11.1 Å². The summed E-state index contributed by atoms with van der Waals surface area (Å²) in [5, 5.41) is 13.0. The molecule has 1 N–H and O–H groups in total. The van der Waals surface area contributed by atoms with Gasteiger partial charge in [0.2, 0.25) is 0 Å². The van der Waals surface area contributed by atoms with E-state index < -0.39 is 5.97 Å². The van der Waals surface area contributed by atoms with E-state index in [4.69, 9.17) is 5.11 Å². The average molecular weight is 246 g/mol. The van der Waals surface area contributed by atoms with Crippen molar-refractivity contribution >= 4 is 17.3 Å². The minimum atomic E-state index is -0.744. The highest BCUT2D eigenvalue weighted by molar-refractivity contribution is 7.08. The van der Waals surface area contributed by atoms with Crippen LogP contribution in [0.15, 0.2) is 41.1 Å². The maximum absolute atomic E-state index is 10.8. The van der Waals surface area contributed by atoms with Crippen molar-refractivity contribution in [2.75, 3.05) is 0 Å². The Labute approximate surface area is 105 Å². The number of benzene rings is 1. The number of carbonyl (C=O) groups is 1. The van der Waals surface area contributed by atoms with Gasteiger partial charge in [0.05, 0.1) is 5.92 Å². The normalized spacial score (nSPS) is 12.3. The summed E-state index contributed by atoms with van der Waals surface area (Å²) in [6.45, 7) is 1.73. The molecule has 0 aliphatic carbocycles. The SMILES string of the molecule is CC(Cc1ccc(-c2ccsc2)cc1)C(=O)O. The van der Waals surface area contributed by atoms with Gasteiger partial charge in [-0.25, -0.2) is 0 Å². The Kier molecular flexibility index (Phi) is 3.59. The quantitative estimate of drug-likeness (QED) is 0.893. The lowest BCUT2D eigenvalue weighted by Crippen LogP contribution is -2.12. The van der Waals surface area contributed by atoms with Gasteiger partial charge in [0.1, 0.15) is 0 Å². The maximum Gasteiger partial charge on any atom is 0.306 e. The standard InChI is InChI=1S/C14H14O2S/c1-10(14(15)16)8-11-2-4-12(5-3-11)13-6-7-17-9-13/h2-7,9-10H,8H2,1H3,(H,15,16). The summed E-state index contributed by atoms with van der Waals surface area (Å²) in [5.41, 5.74) is 3.46. The van der Waals surface area contributed by atoms with Crippen LogP contribution in [0.3, 0.4) is 0 Å². The summed E-state index contributed by atoms with van der Waals surface area (Å²) < 4.78 is 0. The fraction of sp³-hybridized carbons (Fsp3) is 0.214. The van der Waals surface area contributed by atoms with Gasteiger partial charge in [-0.05, 0) is 39.9 Å². The Morgan fingerprint density at radius 1 is 1.24 bits per heavy atom. The zero-order valence-electron chi connectivity index (χ0n) is 9.59. The summed E-state index contributed by atoms with van der Waals surface area (Å²) >= 11 is 1.68. The minimum Gasteiger partial charge on any atom is -0.481 e.